The summed E-state index contributed by atoms with van der Waals surface area (Å²) < 4.78 is 30.8. The molecule has 0 bridgehead atoms. The van der Waals surface area contributed by atoms with E-state index in [1.807, 2.05) is 12.1 Å². The Hall–Kier alpha value is -1.58. The lowest BCUT2D eigenvalue weighted by Crippen LogP contribution is -2.69. The molecule has 6 nitrogen and oxygen atoms in total. The summed E-state index contributed by atoms with van der Waals surface area (Å²) in [4.78, 5) is 0. The van der Waals surface area contributed by atoms with Crippen LogP contribution >= 0.6 is 0 Å². The Balaban J connectivity index is 2.02. The summed E-state index contributed by atoms with van der Waals surface area (Å²) in [5.41, 5.74) is 0. The summed E-state index contributed by atoms with van der Waals surface area (Å²) in [5, 5.41) is 12.3. The highest BCUT2D eigenvalue weighted by molar-refractivity contribution is 6.99. The van der Waals surface area contributed by atoms with Gasteiger partial charge in [0.15, 0.2) is 0 Å². The lowest BCUT2D eigenvalue weighted by Gasteiger charge is -2.52. The van der Waals surface area contributed by atoms with Gasteiger partial charge in [-0.2, -0.15) is 0 Å². The summed E-state index contributed by atoms with van der Waals surface area (Å²) in [6, 6.07) is 20.8. The minimum atomic E-state index is -2.77. The predicted molar refractivity (Wildman–Crippen MR) is 131 cm³/mol. The van der Waals surface area contributed by atoms with Crippen molar-refractivity contribution in [3.8, 4) is 0 Å². The predicted octanol–water partition coefficient (Wildman–Crippen LogP) is 3.06. The van der Waals surface area contributed by atoms with Crippen LogP contribution in [0.5, 0.6) is 0 Å². The van der Waals surface area contributed by atoms with Gasteiger partial charge >= 0.3 is 0 Å². The number of aliphatic hydroxyl groups excluding tert-OH is 1. The molecule has 1 N–H and O–H groups in total. The molecule has 4 atom stereocenters. The van der Waals surface area contributed by atoms with Crippen LogP contribution in [0.25, 0.3) is 0 Å². The van der Waals surface area contributed by atoms with Gasteiger partial charge in [-0.3, -0.25) is 0 Å². The van der Waals surface area contributed by atoms with Gasteiger partial charge in [-0.1, -0.05) is 81.4 Å². The van der Waals surface area contributed by atoms with Gasteiger partial charge in [0.2, 0.25) is 11.6 Å². The van der Waals surface area contributed by atoms with Crippen molar-refractivity contribution >= 4 is 18.7 Å². The lowest BCUT2D eigenvalue weighted by atomic mass is 10.0. The van der Waals surface area contributed by atoms with Crippen LogP contribution in [0.4, 0.5) is 0 Å². The van der Waals surface area contributed by atoms with E-state index in [0.717, 1.165) is 0 Å². The molecule has 2 aromatic rings. The molecule has 1 fully saturated rings. The first-order valence-electron chi connectivity index (χ1n) is 11.4. The first kappa shape index (κ1) is 26.0. The van der Waals surface area contributed by atoms with Crippen LogP contribution in [-0.2, 0) is 23.4 Å². The Kier molecular flexibility index (Phi) is 7.85. The van der Waals surface area contributed by atoms with E-state index >= 15 is 0 Å². The third-order valence-corrected chi connectivity index (χ3v) is 11.8. The van der Waals surface area contributed by atoms with E-state index in [1.54, 1.807) is 21.0 Å². The van der Waals surface area contributed by atoms with Crippen molar-refractivity contribution in [2.24, 2.45) is 0 Å². The molecule has 0 amide bonds. The van der Waals surface area contributed by atoms with E-state index in [-0.39, 0.29) is 18.3 Å². The molecule has 1 saturated heterocycles. The van der Waals surface area contributed by atoms with Crippen molar-refractivity contribution in [3.63, 3.8) is 0 Å². The van der Waals surface area contributed by atoms with E-state index in [0.29, 0.717) is 0 Å². The van der Waals surface area contributed by atoms with Crippen LogP contribution in [-0.4, -0.2) is 64.6 Å². The van der Waals surface area contributed by atoms with E-state index in [9.17, 15) is 5.11 Å². The van der Waals surface area contributed by atoms with Crippen molar-refractivity contribution in [1.82, 2.24) is 0 Å². The number of benzene rings is 2. The first-order chi connectivity index (χ1) is 15.6. The molecule has 7 heteroatoms. The SMILES string of the molecule is CO[C@]1(C)O[C@@H](CO)[C@@H](CO[Si](c2ccccc2)(c2ccccc2)C(C)(C)C)O[C@@]1(C)OC. The van der Waals surface area contributed by atoms with Crippen molar-refractivity contribution in [2.45, 2.75) is 63.4 Å². The smallest absolute Gasteiger partial charge is 0.261 e. The molecule has 2 aromatic carbocycles. The van der Waals surface area contributed by atoms with Crippen LogP contribution in [0.3, 0.4) is 0 Å². The molecule has 0 radical (unpaired) electrons. The molecule has 0 unspecified atom stereocenters. The monoisotopic (exact) mass is 474 g/mol. The number of hydrogen-bond acceptors (Lipinski definition) is 6. The summed E-state index contributed by atoms with van der Waals surface area (Å²) in [5.74, 6) is -2.35. The third-order valence-electron chi connectivity index (χ3n) is 6.83. The minimum absolute atomic E-state index is 0.175. The normalized spacial score (nSPS) is 28.6. The topological polar surface area (TPSA) is 66.4 Å². The van der Waals surface area contributed by atoms with E-state index < -0.39 is 32.1 Å². The van der Waals surface area contributed by atoms with Crippen LogP contribution in [0.1, 0.15) is 34.6 Å². The fourth-order valence-electron chi connectivity index (χ4n) is 4.68. The summed E-state index contributed by atoms with van der Waals surface area (Å²) in [6.07, 6.45) is -1.18. The van der Waals surface area contributed by atoms with E-state index in [2.05, 4.69) is 69.3 Å². The Morgan fingerprint density at radius 2 is 1.24 bits per heavy atom. The Morgan fingerprint density at radius 3 is 1.61 bits per heavy atom. The minimum Gasteiger partial charge on any atom is -0.405 e. The summed E-state index contributed by atoms with van der Waals surface area (Å²) in [6.45, 7) is 10.2. The quantitative estimate of drug-likeness (QED) is 0.593. The maximum Gasteiger partial charge on any atom is 0.261 e. The second-order valence-electron chi connectivity index (χ2n) is 9.77. The highest BCUT2D eigenvalue weighted by Gasteiger charge is 2.57. The number of hydrogen-bond donors (Lipinski definition) is 1. The molecular weight excluding hydrogens is 436 g/mol. The summed E-state index contributed by atoms with van der Waals surface area (Å²) in [7, 11) is 0.326. The van der Waals surface area contributed by atoms with Gasteiger partial charge < -0.3 is 28.5 Å². The maximum absolute atomic E-state index is 10.1. The lowest BCUT2D eigenvalue weighted by molar-refractivity contribution is -0.451. The van der Waals surface area contributed by atoms with Gasteiger partial charge in [0.1, 0.15) is 12.2 Å². The Bertz CT molecular complexity index is 847. The Morgan fingerprint density at radius 1 is 0.818 bits per heavy atom. The van der Waals surface area contributed by atoms with Crippen molar-refractivity contribution < 1.29 is 28.5 Å². The molecule has 3 rings (SSSR count). The molecule has 0 saturated carbocycles. The third kappa shape index (κ3) is 4.68. The van der Waals surface area contributed by atoms with Gasteiger partial charge in [0.05, 0.1) is 13.2 Å². The molecule has 1 aliphatic heterocycles. The van der Waals surface area contributed by atoms with Crippen molar-refractivity contribution in [3.05, 3.63) is 60.7 Å². The Labute approximate surface area is 198 Å². The van der Waals surface area contributed by atoms with Gasteiger partial charge in [0.25, 0.3) is 8.32 Å². The van der Waals surface area contributed by atoms with Gasteiger partial charge in [-0.15, -0.1) is 0 Å². The van der Waals surface area contributed by atoms with Gasteiger partial charge in [0, 0.05) is 14.2 Å². The largest absolute Gasteiger partial charge is 0.405 e. The van der Waals surface area contributed by atoms with Crippen LogP contribution < -0.4 is 10.4 Å². The highest BCUT2D eigenvalue weighted by Crippen LogP contribution is 2.41. The number of ether oxygens (including phenoxy) is 4. The van der Waals surface area contributed by atoms with Crippen LogP contribution in [0.15, 0.2) is 60.7 Å². The van der Waals surface area contributed by atoms with Crippen LogP contribution in [0.2, 0.25) is 5.04 Å². The fraction of sp³-hybridized carbons (Fsp3) is 0.538. The average Bonchev–Trinajstić information content (AvgIpc) is 2.82. The second kappa shape index (κ2) is 9.96. The van der Waals surface area contributed by atoms with Crippen LogP contribution in [0, 0.1) is 0 Å². The second-order valence-corrected chi connectivity index (χ2v) is 14.1. The zero-order valence-corrected chi connectivity index (χ0v) is 21.8. The number of aliphatic hydroxyl groups is 1. The van der Waals surface area contributed by atoms with Crippen molar-refractivity contribution in [2.75, 3.05) is 27.4 Å². The standard InChI is InChI=1S/C26H38O6Si/c1-24(2,3)33(20-14-10-8-11-15-20,21-16-12-9-13-17-21)30-19-23-22(18-27)31-25(4,28-6)26(5,29-7)32-23/h8-17,22-23,27H,18-19H2,1-7H3/t22-,23+,25+,26+/m0/s1. The number of rotatable bonds is 8. The molecule has 0 aliphatic carbocycles. The summed E-state index contributed by atoms with van der Waals surface area (Å²) >= 11 is 0. The molecule has 33 heavy (non-hydrogen) atoms. The van der Waals surface area contributed by atoms with E-state index in [4.69, 9.17) is 23.4 Å². The molecular formula is C26H38O6Si. The fourth-order valence-corrected chi connectivity index (χ4v) is 9.25. The zero-order chi connectivity index (χ0) is 24.3. The van der Waals surface area contributed by atoms with Gasteiger partial charge in [-0.25, -0.2) is 0 Å². The molecule has 1 heterocycles. The molecule has 1 aliphatic rings. The first-order valence-corrected chi connectivity index (χ1v) is 13.3. The zero-order valence-electron chi connectivity index (χ0n) is 20.8. The van der Waals surface area contributed by atoms with Gasteiger partial charge in [-0.05, 0) is 29.3 Å². The maximum atomic E-state index is 10.1. The molecule has 0 aromatic heterocycles. The number of methoxy groups -OCH3 is 2. The van der Waals surface area contributed by atoms with E-state index in [1.165, 1.54) is 17.5 Å². The molecule has 182 valence electrons. The van der Waals surface area contributed by atoms with Crippen molar-refractivity contribution in [1.29, 1.82) is 0 Å². The highest BCUT2D eigenvalue weighted by atomic mass is 28.4. The molecule has 0 spiro atoms. The average molecular weight is 475 g/mol.